The molecule has 0 atom stereocenters. The van der Waals surface area contributed by atoms with Gasteiger partial charge in [-0.05, 0) is 0 Å². The summed E-state index contributed by atoms with van der Waals surface area (Å²) in [4.78, 5) is 0. The molecule has 0 spiro atoms. The predicted octanol–water partition coefficient (Wildman–Crippen LogP) is 0.785. The minimum atomic E-state index is -0.473. The van der Waals surface area contributed by atoms with E-state index in [1.807, 2.05) is 0 Å². The fourth-order valence-corrected chi connectivity index (χ4v) is 2.50. The Kier molecular flexibility index (Phi) is 35.9. The van der Waals surface area contributed by atoms with Crippen LogP contribution in [0.15, 0.2) is 0 Å². The van der Waals surface area contributed by atoms with Crippen LogP contribution in [0.2, 0.25) is 0 Å². The lowest BCUT2D eigenvalue weighted by molar-refractivity contribution is -0.0281. The van der Waals surface area contributed by atoms with Crippen molar-refractivity contribution in [3.63, 3.8) is 0 Å². The fourth-order valence-electron chi connectivity index (χ4n) is 2.50. The third-order valence-electron chi connectivity index (χ3n) is 4.37. The van der Waals surface area contributed by atoms with Gasteiger partial charge in [0.1, 0.15) is 6.67 Å². The van der Waals surface area contributed by atoms with E-state index in [4.69, 9.17) is 56.8 Å². The Morgan fingerprint density at radius 1 is 0.263 bits per heavy atom. The first-order valence-corrected chi connectivity index (χ1v) is 13.3. The van der Waals surface area contributed by atoms with E-state index in [-0.39, 0.29) is 6.61 Å². The molecule has 0 aliphatic carbocycles. The van der Waals surface area contributed by atoms with Crippen molar-refractivity contribution in [2.75, 3.05) is 166 Å². The van der Waals surface area contributed by atoms with Gasteiger partial charge < -0.3 is 56.8 Å². The molecule has 0 radical (unpaired) electrons. The van der Waals surface area contributed by atoms with Crippen molar-refractivity contribution >= 4 is 0 Å². The number of rotatable bonds is 35. The highest BCUT2D eigenvalue weighted by Gasteiger charge is 1.96. The molecular formula is C25H51FO12. The zero-order valence-electron chi connectivity index (χ0n) is 23.2. The Morgan fingerprint density at radius 3 is 0.579 bits per heavy atom. The van der Waals surface area contributed by atoms with Gasteiger partial charge in [0.2, 0.25) is 0 Å². The zero-order valence-corrected chi connectivity index (χ0v) is 23.2. The highest BCUT2D eigenvalue weighted by molar-refractivity contribution is 4.39. The molecule has 12 nitrogen and oxygen atoms in total. The lowest BCUT2D eigenvalue weighted by Gasteiger charge is -2.09. The third-order valence-corrected chi connectivity index (χ3v) is 4.37. The summed E-state index contributed by atoms with van der Waals surface area (Å²) in [6.45, 7) is 10.8. The van der Waals surface area contributed by atoms with Gasteiger partial charge in [-0.2, -0.15) is 0 Å². The third kappa shape index (κ3) is 35.5. The van der Waals surface area contributed by atoms with Gasteiger partial charge >= 0.3 is 0 Å². The summed E-state index contributed by atoms with van der Waals surface area (Å²) in [5.41, 5.74) is 0. The molecule has 0 N–H and O–H groups in total. The van der Waals surface area contributed by atoms with Crippen LogP contribution < -0.4 is 0 Å². The quantitative estimate of drug-likeness (QED) is 0.102. The van der Waals surface area contributed by atoms with Gasteiger partial charge in [-0.1, -0.05) is 0 Å². The first-order valence-electron chi connectivity index (χ1n) is 13.3. The summed E-state index contributed by atoms with van der Waals surface area (Å²) in [6, 6.07) is 0. The monoisotopic (exact) mass is 562 g/mol. The molecule has 0 aromatic rings. The Morgan fingerprint density at radius 2 is 0.421 bits per heavy atom. The van der Waals surface area contributed by atoms with Crippen LogP contribution in [0.1, 0.15) is 0 Å². The molecule has 13 heteroatoms. The smallest absolute Gasteiger partial charge is 0.113 e. The molecule has 0 aromatic carbocycles. The molecule has 0 aliphatic heterocycles. The van der Waals surface area contributed by atoms with E-state index < -0.39 is 6.67 Å². The largest absolute Gasteiger partial charge is 0.382 e. The summed E-state index contributed by atoms with van der Waals surface area (Å²) >= 11 is 0. The van der Waals surface area contributed by atoms with E-state index in [2.05, 4.69) is 0 Å². The van der Waals surface area contributed by atoms with Crippen molar-refractivity contribution in [2.45, 2.75) is 0 Å². The van der Waals surface area contributed by atoms with Crippen molar-refractivity contribution in [1.29, 1.82) is 0 Å². The molecule has 0 aromatic heterocycles. The summed E-state index contributed by atoms with van der Waals surface area (Å²) < 4.78 is 75.5. The van der Waals surface area contributed by atoms with Gasteiger partial charge in [-0.25, -0.2) is 4.39 Å². The van der Waals surface area contributed by atoms with Crippen molar-refractivity contribution in [3.05, 3.63) is 0 Å². The maximum absolute atomic E-state index is 11.8. The number of hydrogen-bond acceptors (Lipinski definition) is 12. The molecule has 0 saturated heterocycles. The number of hydrogen-bond donors (Lipinski definition) is 0. The second-order valence-corrected chi connectivity index (χ2v) is 7.42. The molecule has 0 rings (SSSR count). The lowest BCUT2D eigenvalue weighted by Crippen LogP contribution is -2.15. The minimum Gasteiger partial charge on any atom is -0.382 e. The van der Waals surface area contributed by atoms with Gasteiger partial charge in [0, 0.05) is 7.11 Å². The first kappa shape index (κ1) is 37.5. The number of methoxy groups -OCH3 is 1. The normalized spacial score (nSPS) is 11.5. The molecule has 0 amide bonds. The standard InChI is InChI=1S/C25H51FO12/c1-27-4-5-29-8-9-31-12-13-33-16-17-35-20-21-37-24-25-38-23-22-36-19-18-34-15-14-32-11-10-30-7-6-28-3-2-26/h2-25H2,1H3. The fraction of sp³-hybridized carbons (Fsp3) is 1.00. The molecule has 0 fully saturated rings. The summed E-state index contributed by atoms with van der Waals surface area (Å²) in [7, 11) is 1.64. The van der Waals surface area contributed by atoms with Crippen LogP contribution in [0.3, 0.4) is 0 Å². The predicted molar refractivity (Wildman–Crippen MR) is 137 cm³/mol. The molecule has 38 heavy (non-hydrogen) atoms. The van der Waals surface area contributed by atoms with Crippen molar-refractivity contribution in [3.8, 4) is 0 Å². The molecule has 0 aliphatic rings. The van der Waals surface area contributed by atoms with Crippen molar-refractivity contribution in [2.24, 2.45) is 0 Å². The Balaban J connectivity index is 3.01. The van der Waals surface area contributed by atoms with Gasteiger partial charge in [0.05, 0.1) is 152 Å². The van der Waals surface area contributed by atoms with E-state index in [0.717, 1.165) is 0 Å². The lowest BCUT2D eigenvalue weighted by atomic mass is 10.6. The number of ether oxygens (including phenoxy) is 12. The van der Waals surface area contributed by atoms with Crippen LogP contribution >= 0.6 is 0 Å². The van der Waals surface area contributed by atoms with Gasteiger partial charge in [0.25, 0.3) is 0 Å². The van der Waals surface area contributed by atoms with Gasteiger partial charge in [-0.15, -0.1) is 0 Å². The zero-order chi connectivity index (χ0) is 27.5. The van der Waals surface area contributed by atoms with E-state index in [1.165, 1.54) is 0 Å². The molecule has 230 valence electrons. The van der Waals surface area contributed by atoms with Crippen LogP contribution in [0.25, 0.3) is 0 Å². The summed E-state index contributed by atoms with van der Waals surface area (Å²) in [5, 5.41) is 0. The number of alkyl halides is 1. The maximum atomic E-state index is 11.8. The van der Waals surface area contributed by atoms with E-state index in [9.17, 15) is 4.39 Å². The molecule has 0 unspecified atom stereocenters. The minimum absolute atomic E-state index is 0.115. The maximum Gasteiger partial charge on any atom is 0.113 e. The van der Waals surface area contributed by atoms with E-state index >= 15 is 0 Å². The second kappa shape index (κ2) is 36.5. The van der Waals surface area contributed by atoms with Gasteiger partial charge in [0.15, 0.2) is 0 Å². The molecule has 0 saturated carbocycles. The molecule has 0 bridgehead atoms. The second-order valence-electron chi connectivity index (χ2n) is 7.42. The summed E-state index contributed by atoms with van der Waals surface area (Å²) in [5.74, 6) is 0. The van der Waals surface area contributed by atoms with E-state index in [1.54, 1.807) is 7.11 Å². The van der Waals surface area contributed by atoms with E-state index in [0.29, 0.717) is 145 Å². The molecular weight excluding hydrogens is 511 g/mol. The average molecular weight is 563 g/mol. The first-order chi connectivity index (χ1) is 18.9. The highest BCUT2D eigenvalue weighted by Crippen LogP contribution is 1.87. The Labute approximate surface area is 227 Å². The topological polar surface area (TPSA) is 111 Å². The Bertz CT molecular complexity index is 377. The van der Waals surface area contributed by atoms with Crippen LogP contribution in [0.4, 0.5) is 4.39 Å². The van der Waals surface area contributed by atoms with Crippen molar-refractivity contribution < 1.29 is 61.2 Å². The highest BCUT2D eigenvalue weighted by atomic mass is 19.1. The Hall–Kier alpha value is -0.550. The number of halogens is 1. The van der Waals surface area contributed by atoms with Crippen LogP contribution in [-0.4, -0.2) is 166 Å². The molecule has 0 heterocycles. The van der Waals surface area contributed by atoms with Crippen molar-refractivity contribution in [1.82, 2.24) is 0 Å². The average Bonchev–Trinajstić information content (AvgIpc) is 2.93. The summed E-state index contributed by atoms with van der Waals surface area (Å²) in [6.07, 6.45) is 0. The van der Waals surface area contributed by atoms with Crippen LogP contribution in [0, 0.1) is 0 Å². The SMILES string of the molecule is COCCOCCOCCOCCOCCOCCOCCOCCOCCOCCOCCOCCF. The van der Waals surface area contributed by atoms with Crippen LogP contribution in [-0.2, 0) is 56.8 Å². The van der Waals surface area contributed by atoms with Crippen LogP contribution in [0.5, 0.6) is 0 Å². The van der Waals surface area contributed by atoms with Gasteiger partial charge in [-0.3, -0.25) is 0 Å².